The van der Waals surface area contributed by atoms with Crippen molar-refractivity contribution in [1.82, 2.24) is 0 Å². The Bertz CT molecular complexity index is 665. The zero-order chi connectivity index (χ0) is 12.6. The highest BCUT2D eigenvalue weighted by atomic mass is 35.5. The van der Waals surface area contributed by atoms with E-state index in [2.05, 4.69) is 30.0 Å². The molecular weight excluding hydrogens is 258 g/mol. The highest BCUT2D eigenvalue weighted by molar-refractivity contribution is 5.85. The van der Waals surface area contributed by atoms with Crippen LogP contribution in [0.3, 0.4) is 0 Å². The zero-order valence-corrected chi connectivity index (χ0v) is 11.6. The first-order valence-corrected chi connectivity index (χ1v) is 6.08. The molecule has 3 rings (SSSR count). The van der Waals surface area contributed by atoms with Gasteiger partial charge in [0.05, 0.1) is 12.6 Å². The number of rotatable bonds is 1. The molecule has 1 aliphatic carbocycles. The predicted molar refractivity (Wildman–Crippen MR) is 80.8 cm³/mol. The number of methoxy groups -OCH3 is 1. The lowest BCUT2D eigenvalue weighted by molar-refractivity contribution is 0.415. The number of fused-ring (bicyclic) bond motifs is 1. The Morgan fingerprint density at radius 1 is 1.11 bits per heavy atom. The van der Waals surface area contributed by atoms with Crippen molar-refractivity contribution in [3.63, 3.8) is 0 Å². The van der Waals surface area contributed by atoms with Gasteiger partial charge in [-0.2, -0.15) is 0 Å². The fraction of sp³-hybridized carbons (Fsp3) is 0.250. The molecule has 0 radical (unpaired) electrons. The molecule has 0 atom stereocenters. The average molecular weight is 274 g/mol. The zero-order valence-electron chi connectivity index (χ0n) is 10.8. The van der Waals surface area contributed by atoms with E-state index in [1.54, 1.807) is 7.11 Å². The van der Waals surface area contributed by atoms with Crippen molar-refractivity contribution in [2.24, 2.45) is 5.73 Å². The van der Waals surface area contributed by atoms with E-state index >= 15 is 0 Å². The molecule has 0 aromatic heterocycles. The van der Waals surface area contributed by atoms with Gasteiger partial charge < -0.3 is 10.5 Å². The molecular formula is C16H16ClNO. The maximum Gasteiger partial charge on any atom is 0.119 e. The Hall–Kier alpha value is -1.69. The molecule has 0 spiro atoms. The van der Waals surface area contributed by atoms with Gasteiger partial charge in [0.1, 0.15) is 5.75 Å². The van der Waals surface area contributed by atoms with E-state index in [4.69, 9.17) is 10.5 Å². The minimum absolute atomic E-state index is 0. The quantitative estimate of drug-likeness (QED) is 0.811. The Balaban J connectivity index is 0.00000133. The Kier molecular flexibility index (Phi) is 3.71. The van der Waals surface area contributed by atoms with Crippen molar-refractivity contribution < 1.29 is 4.74 Å². The maximum absolute atomic E-state index is 5.95. The van der Waals surface area contributed by atoms with Crippen molar-refractivity contribution in [2.75, 3.05) is 7.11 Å². The molecule has 1 saturated carbocycles. The van der Waals surface area contributed by atoms with Gasteiger partial charge in [-0.15, -0.1) is 12.4 Å². The van der Waals surface area contributed by atoms with E-state index in [1.165, 1.54) is 5.39 Å². The standard InChI is InChI=1S/C16H15NO.ClH/c1-18-15-5-4-13-10-12(2-3-14(13)11-15)6-7-16(17)8-9-16;/h2-5,10-11H,8-9,17H2,1H3;1H. The summed E-state index contributed by atoms with van der Waals surface area (Å²) in [5, 5.41) is 2.33. The summed E-state index contributed by atoms with van der Waals surface area (Å²) in [4.78, 5) is 0. The molecule has 1 fully saturated rings. The van der Waals surface area contributed by atoms with Crippen LogP contribution in [0.5, 0.6) is 5.75 Å². The van der Waals surface area contributed by atoms with Gasteiger partial charge in [-0.05, 0) is 47.9 Å². The van der Waals surface area contributed by atoms with Crippen LogP contribution in [-0.2, 0) is 0 Å². The van der Waals surface area contributed by atoms with Gasteiger partial charge >= 0.3 is 0 Å². The number of hydrogen-bond acceptors (Lipinski definition) is 2. The third kappa shape index (κ3) is 3.01. The Morgan fingerprint density at radius 3 is 2.47 bits per heavy atom. The monoisotopic (exact) mass is 273 g/mol. The van der Waals surface area contributed by atoms with Crippen LogP contribution in [0.2, 0.25) is 0 Å². The largest absolute Gasteiger partial charge is 0.497 e. The summed E-state index contributed by atoms with van der Waals surface area (Å²) in [5.74, 6) is 7.18. The van der Waals surface area contributed by atoms with E-state index in [9.17, 15) is 0 Å². The van der Waals surface area contributed by atoms with Gasteiger partial charge in [0.15, 0.2) is 0 Å². The third-order valence-electron chi connectivity index (χ3n) is 3.29. The van der Waals surface area contributed by atoms with Gasteiger partial charge in [0.25, 0.3) is 0 Å². The summed E-state index contributed by atoms with van der Waals surface area (Å²) in [5.41, 5.74) is 6.76. The predicted octanol–water partition coefficient (Wildman–Crippen LogP) is 3.11. The second-order valence-corrected chi connectivity index (χ2v) is 4.83. The van der Waals surface area contributed by atoms with E-state index in [-0.39, 0.29) is 17.9 Å². The first kappa shape index (κ1) is 13.7. The summed E-state index contributed by atoms with van der Waals surface area (Å²) in [7, 11) is 1.68. The van der Waals surface area contributed by atoms with Crippen LogP contribution in [-0.4, -0.2) is 12.6 Å². The number of ether oxygens (including phenoxy) is 1. The number of halogens is 1. The van der Waals surface area contributed by atoms with Crippen molar-refractivity contribution in [1.29, 1.82) is 0 Å². The van der Waals surface area contributed by atoms with Gasteiger partial charge in [-0.3, -0.25) is 0 Å². The topological polar surface area (TPSA) is 35.2 Å². The van der Waals surface area contributed by atoms with E-state index < -0.39 is 0 Å². The molecule has 2 nitrogen and oxygen atoms in total. The molecule has 0 heterocycles. The summed E-state index contributed by atoms with van der Waals surface area (Å²) in [6.07, 6.45) is 2.04. The molecule has 3 heteroatoms. The first-order chi connectivity index (χ1) is 8.68. The summed E-state index contributed by atoms with van der Waals surface area (Å²) in [6.45, 7) is 0. The minimum atomic E-state index is -0.213. The van der Waals surface area contributed by atoms with Crippen molar-refractivity contribution in [3.8, 4) is 17.6 Å². The van der Waals surface area contributed by atoms with Gasteiger partial charge in [-0.25, -0.2) is 0 Å². The lowest BCUT2D eigenvalue weighted by Crippen LogP contribution is -2.18. The molecule has 19 heavy (non-hydrogen) atoms. The lowest BCUT2D eigenvalue weighted by atomic mass is 10.1. The third-order valence-corrected chi connectivity index (χ3v) is 3.29. The number of hydrogen-bond donors (Lipinski definition) is 1. The Labute approximate surface area is 119 Å². The minimum Gasteiger partial charge on any atom is -0.497 e. The second-order valence-electron chi connectivity index (χ2n) is 4.83. The van der Waals surface area contributed by atoms with Crippen LogP contribution in [0.15, 0.2) is 36.4 Å². The molecule has 0 saturated heterocycles. The van der Waals surface area contributed by atoms with Crippen LogP contribution in [0, 0.1) is 11.8 Å². The van der Waals surface area contributed by atoms with Crippen LogP contribution in [0.4, 0.5) is 0 Å². The first-order valence-electron chi connectivity index (χ1n) is 6.08. The van der Waals surface area contributed by atoms with E-state index in [0.29, 0.717) is 0 Å². The number of nitrogens with two attached hydrogens (primary N) is 1. The average Bonchev–Trinajstić information content (AvgIpc) is 3.14. The highest BCUT2D eigenvalue weighted by Crippen LogP contribution is 2.31. The van der Waals surface area contributed by atoms with Crippen LogP contribution < -0.4 is 10.5 Å². The molecule has 98 valence electrons. The van der Waals surface area contributed by atoms with Crippen LogP contribution >= 0.6 is 12.4 Å². The van der Waals surface area contributed by atoms with Gasteiger partial charge in [-0.1, -0.05) is 24.0 Å². The molecule has 2 aromatic carbocycles. The molecule has 1 aliphatic rings. The summed E-state index contributed by atoms with van der Waals surface area (Å²) in [6, 6.07) is 12.2. The normalized spacial score (nSPS) is 15.1. The lowest BCUT2D eigenvalue weighted by Gasteiger charge is -2.03. The van der Waals surface area contributed by atoms with Crippen molar-refractivity contribution in [2.45, 2.75) is 18.4 Å². The van der Waals surface area contributed by atoms with E-state index in [0.717, 1.165) is 29.5 Å². The molecule has 0 aliphatic heterocycles. The SMILES string of the molecule is COc1ccc2cc(C#CC3(N)CC3)ccc2c1.Cl. The molecule has 0 bridgehead atoms. The maximum atomic E-state index is 5.95. The summed E-state index contributed by atoms with van der Waals surface area (Å²) < 4.78 is 5.21. The molecule has 2 N–H and O–H groups in total. The van der Waals surface area contributed by atoms with Crippen LogP contribution in [0.1, 0.15) is 18.4 Å². The van der Waals surface area contributed by atoms with E-state index in [1.807, 2.05) is 18.2 Å². The summed E-state index contributed by atoms with van der Waals surface area (Å²) >= 11 is 0. The van der Waals surface area contributed by atoms with Crippen molar-refractivity contribution >= 4 is 23.2 Å². The Morgan fingerprint density at radius 2 is 1.79 bits per heavy atom. The fourth-order valence-electron chi connectivity index (χ4n) is 1.88. The van der Waals surface area contributed by atoms with Crippen LogP contribution in [0.25, 0.3) is 10.8 Å². The van der Waals surface area contributed by atoms with Gasteiger partial charge in [0.2, 0.25) is 0 Å². The fourth-order valence-corrected chi connectivity index (χ4v) is 1.88. The second kappa shape index (κ2) is 5.13. The van der Waals surface area contributed by atoms with Crippen molar-refractivity contribution in [3.05, 3.63) is 42.0 Å². The smallest absolute Gasteiger partial charge is 0.119 e. The molecule has 0 unspecified atom stereocenters. The highest BCUT2D eigenvalue weighted by Gasteiger charge is 2.36. The molecule has 0 amide bonds. The van der Waals surface area contributed by atoms with Gasteiger partial charge in [0, 0.05) is 5.56 Å². The molecule has 2 aromatic rings. The number of benzene rings is 2.